The van der Waals surface area contributed by atoms with E-state index in [1.807, 2.05) is 30.3 Å². The molecule has 0 saturated heterocycles. The van der Waals surface area contributed by atoms with Crippen molar-refractivity contribution in [3.05, 3.63) is 414 Å². The van der Waals surface area contributed by atoms with Gasteiger partial charge >= 0.3 is 102 Å². The quantitative estimate of drug-likeness (QED) is 0.0419. The molecule has 14 aromatic rings. The number of hydrogen-bond donors (Lipinski definition) is 0. The maximum atomic E-state index is 4.97. The van der Waals surface area contributed by atoms with Crippen LogP contribution in [-0.4, -0.2) is 32.6 Å². The first-order valence-corrected chi connectivity index (χ1v) is 52.7. The van der Waals surface area contributed by atoms with Gasteiger partial charge in [-0.2, -0.15) is 0 Å². The zero-order chi connectivity index (χ0) is 75.9. The number of benzene rings is 12. The summed E-state index contributed by atoms with van der Waals surface area (Å²) in [4.78, 5) is 1.15. The molecule has 0 atom stereocenters. The SMILES string of the molecule is C=Cc1ccc(OC)s1.C=[CH][Sn]([CH2]CCC)([CH2]CCC)[CH2]CCC.COc1ccc(Br)s1.[Pd].c1ccc(P(c2ccccc2)c2ccccc2)cc1.c1ccc(P(c2ccccc2)c2ccccc2)cc1.c1ccc(P(c2ccccc2)c2ccccc2)cc1.c1ccc(P(c2ccccc2)c2ccccc2)cc1. The van der Waals surface area contributed by atoms with Crippen molar-refractivity contribution in [3.63, 3.8) is 0 Å². The zero-order valence-electron chi connectivity index (χ0n) is 63.5. The Bertz CT molecular complexity index is 3730. The van der Waals surface area contributed by atoms with Gasteiger partial charge in [-0.1, -0.05) is 399 Å². The summed E-state index contributed by atoms with van der Waals surface area (Å²) in [6, 6.07) is 137. The normalized spacial score (nSPS) is 10.4. The van der Waals surface area contributed by atoms with Crippen LogP contribution >= 0.6 is 70.3 Å². The monoisotopic (exact) mass is 1800 g/mol. The van der Waals surface area contributed by atoms with Crippen molar-refractivity contribution in [1.29, 1.82) is 0 Å². The molecule has 0 bridgehead atoms. The molecule has 0 aliphatic heterocycles. The first-order chi connectivity index (χ1) is 53.2. The summed E-state index contributed by atoms with van der Waals surface area (Å²) < 4.78 is 18.2. The Morgan fingerprint density at radius 2 is 0.468 bits per heavy atom. The molecule has 0 N–H and O–H groups in total. The van der Waals surface area contributed by atoms with Gasteiger partial charge in [0.05, 0.1) is 18.0 Å². The third-order valence-electron chi connectivity index (χ3n) is 17.4. The van der Waals surface area contributed by atoms with Crippen molar-refractivity contribution in [1.82, 2.24) is 0 Å². The van der Waals surface area contributed by atoms with E-state index in [1.54, 1.807) is 50.2 Å². The Labute approximate surface area is 692 Å². The van der Waals surface area contributed by atoms with Crippen LogP contribution in [0.3, 0.4) is 0 Å². The van der Waals surface area contributed by atoms with E-state index in [4.69, 9.17) is 9.47 Å². The minimum absolute atomic E-state index is 0. The van der Waals surface area contributed by atoms with Crippen molar-refractivity contribution < 1.29 is 29.9 Å². The van der Waals surface area contributed by atoms with E-state index in [2.05, 4.69) is 418 Å². The van der Waals surface area contributed by atoms with Crippen molar-refractivity contribution in [3.8, 4) is 10.1 Å². The van der Waals surface area contributed by atoms with Crippen LogP contribution in [0.15, 0.2) is 409 Å². The van der Waals surface area contributed by atoms with Gasteiger partial charge in [0.15, 0.2) is 10.1 Å². The van der Waals surface area contributed by atoms with Gasteiger partial charge in [0.25, 0.3) is 0 Å². The molecule has 0 radical (unpaired) electrons. The largest absolute Gasteiger partial charge is 0.487 e. The van der Waals surface area contributed by atoms with Crippen molar-refractivity contribution in [2.24, 2.45) is 0 Å². The second-order valence-corrected chi connectivity index (χ2v) is 50.7. The van der Waals surface area contributed by atoms with Crippen LogP contribution in [-0.2, 0) is 20.4 Å². The summed E-state index contributed by atoms with van der Waals surface area (Å²) >= 11 is 4.63. The van der Waals surface area contributed by atoms with E-state index in [-0.39, 0.29) is 20.4 Å². The van der Waals surface area contributed by atoms with Crippen molar-refractivity contribution >= 4 is 158 Å². The molecule has 0 saturated carbocycles. The fourth-order valence-corrected chi connectivity index (χ4v) is 35.9. The van der Waals surface area contributed by atoms with Gasteiger partial charge in [0.1, 0.15) is 0 Å². The molecule has 0 fully saturated rings. The average Bonchev–Trinajstić information content (AvgIpc) is 1.29. The summed E-state index contributed by atoms with van der Waals surface area (Å²) in [6.45, 7) is 14.8. The van der Waals surface area contributed by atoms with E-state index < -0.39 is 50.1 Å². The standard InChI is InChI=1S/4C18H15P.C7H8OS.C5H5BrOS.3C4H9.C2H3.Pd.Sn/c4*1-4-10-16(11-5-1)19(17-12-6-2-7-13-17)18-14-8-3-9-15-18;1-3-6-4-5-7(8-2)9-6;1-7-5-3-2-4(6)8-5;3*1-3-4-2;1-2;;/h4*1-15H;3-5H,1H2,2H3;2-3H,1H3;3*1,3-4H2,2H3;1H,2H2;;. The van der Waals surface area contributed by atoms with Gasteiger partial charge in [-0.25, -0.2) is 0 Å². The predicted molar refractivity (Wildman–Crippen MR) is 495 cm³/mol. The number of methoxy groups -OCH3 is 2. The average molecular weight is 1810 g/mol. The first-order valence-electron chi connectivity index (χ1n) is 37.2. The molecule has 0 aliphatic rings. The number of hydrogen-bond acceptors (Lipinski definition) is 4. The number of unbranched alkanes of at least 4 members (excludes halogenated alkanes) is 3. The van der Waals surface area contributed by atoms with Gasteiger partial charge in [0, 0.05) is 25.3 Å². The number of rotatable bonds is 25. The van der Waals surface area contributed by atoms with Crippen LogP contribution in [0, 0.1) is 0 Å². The number of halogens is 1. The molecule has 0 unspecified atom stereocenters. The van der Waals surface area contributed by atoms with Crippen LogP contribution in [0.4, 0.5) is 0 Å². The third-order valence-corrected chi connectivity index (χ3v) is 43.9. The van der Waals surface area contributed by atoms with E-state index in [0.717, 1.165) is 18.8 Å². The number of thiophene rings is 2. The fraction of sp³-hybridized carbons (Fsp3) is 0.143. The number of ether oxygens (including phenoxy) is 2. The summed E-state index contributed by atoms with van der Waals surface area (Å²) in [5, 5.41) is 18.7. The molecule has 109 heavy (non-hydrogen) atoms. The molecule has 2 aromatic heterocycles. The molecule has 2 nitrogen and oxygen atoms in total. The Hall–Kier alpha value is -7.22. The molecule has 0 spiro atoms. The van der Waals surface area contributed by atoms with Gasteiger partial charge in [-0.05, 0) is 136 Å². The Balaban J connectivity index is 0.000000180. The zero-order valence-corrected chi connectivity index (χ0v) is 74.7. The Kier molecular flexibility index (Phi) is 43.2. The van der Waals surface area contributed by atoms with Gasteiger partial charge in [-0.3, -0.25) is 0 Å². The second-order valence-electron chi connectivity index (χ2n) is 25.1. The van der Waals surface area contributed by atoms with Gasteiger partial charge in [0.2, 0.25) is 0 Å². The van der Waals surface area contributed by atoms with Crippen LogP contribution in [0.25, 0.3) is 6.08 Å². The summed E-state index contributed by atoms with van der Waals surface area (Å²) in [6.07, 6.45) is 10.3. The molecule has 14 rings (SSSR count). The Morgan fingerprint density at radius 3 is 0.587 bits per heavy atom. The third kappa shape index (κ3) is 30.8. The van der Waals surface area contributed by atoms with Crippen LogP contribution in [0.2, 0.25) is 13.3 Å². The van der Waals surface area contributed by atoms with Gasteiger partial charge in [-0.15, -0.1) is 0 Å². The maximum absolute atomic E-state index is 4.97. The van der Waals surface area contributed by atoms with E-state index in [1.165, 1.54) is 102 Å². The minimum Gasteiger partial charge on any atom is -0.487 e. The van der Waals surface area contributed by atoms with E-state index in [0.29, 0.717) is 0 Å². The molecule has 12 aromatic carbocycles. The molecule has 2 heterocycles. The summed E-state index contributed by atoms with van der Waals surface area (Å²) in [5.74, 6) is 0. The smallest absolute Gasteiger partial charge is 0.174 e. The fourth-order valence-electron chi connectivity index (χ4n) is 11.9. The molecule has 0 aliphatic carbocycles. The Morgan fingerprint density at radius 1 is 0.284 bits per heavy atom. The second kappa shape index (κ2) is 52.9. The molecule has 560 valence electrons. The molecule has 0 amide bonds. The predicted octanol–water partition coefficient (Wildman–Crippen LogP) is 24.3. The first kappa shape index (κ1) is 89.0. The van der Waals surface area contributed by atoms with Crippen molar-refractivity contribution in [2.75, 3.05) is 14.2 Å². The van der Waals surface area contributed by atoms with Crippen LogP contribution < -0.4 is 73.1 Å². The van der Waals surface area contributed by atoms with Crippen LogP contribution in [0.1, 0.15) is 64.2 Å². The van der Waals surface area contributed by atoms with Gasteiger partial charge < -0.3 is 9.47 Å². The van der Waals surface area contributed by atoms with Crippen LogP contribution in [0.5, 0.6) is 10.1 Å². The molecule has 11 heteroatoms. The summed E-state index contributed by atoms with van der Waals surface area (Å²) in [7, 11) is 1.55. The van der Waals surface area contributed by atoms with Crippen molar-refractivity contribution in [2.45, 2.75) is 72.6 Å². The molecular formula is C98H103BrO2P4PdS2Sn. The maximum Gasteiger partial charge on any atom is 0.174 e. The minimum atomic E-state index is -1.85. The van der Waals surface area contributed by atoms with E-state index >= 15 is 0 Å². The topological polar surface area (TPSA) is 18.5 Å². The molecular weight excluding hydrogens is 1700 g/mol. The summed E-state index contributed by atoms with van der Waals surface area (Å²) in [5.41, 5.74) is 0. The van der Waals surface area contributed by atoms with E-state index in [9.17, 15) is 0 Å².